The van der Waals surface area contributed by atoms with E-state index in [1.54, 1.807) is 0 Å². The van der Waals surface area contributed by atoms with Crippen LogP contribution in [0.5, 0.6) is 0 Å². The van der Waals surface area contributed by atoms with Gasteiger partial charge in [-0.25, -0.2) is 9.78 Å². The molecule has 0 aromatic carbocycles. The third-order valence-corrected chi connectivity index (χ3v) is 4.07. The lowest BCUT2D eigenvalue weighted by molar-refractivity contribution is 0.0690. The van der Waals surface area contributed by atoms with Gasteiger partial charge in [-0.1, -0.05) is 0 Å². The number of nitrogens with zero attached hydrogens (tertiary/aromatic N) is 3. The Morgan fingerprint density at radius 2 is 2.24 bits per heavy atom. The van der Waals surface area contributed by atoms with Gasteiger partial charge in [0.1, 0.15) is 0 Å². The van der Waals surface area contributed by atoms with Gasteiger partial charge in [-0.15, -0.1) is 11.3 Å². The van der Waals surface area contributed by atoms with E-state index in [2.05, 4.69) is 28.8 Å². The van der Waals surface area contributed by atoms with Crippen LogP contribution < -0.4 is 4.90 Å². The molecule has 2 rings (SSSR count). The minimum Gasteiger partial charge on any atom is -0.476 e. The Balaban J connectivity index is 2.22. The maximum absolute atomic E-state index is 11.0. The molecule has 0 spiro atoms. The molecule has 6 heteroatoms. The summed E-state index contributed by atoms with van der Waals surface area (Å²) in [7, 11) is 2.10. The molecule has 5 nitrogen and oxygen atoms in total. The number of rotatable bonds is 2. The number of aromatic carboxylic acids is 1. The van der Waals surface area contributed by atoms with Gasteiger partial charge in [0.05, 0.1) is 0 Å². The molecule has 1 aliphatic heterocycles. The Morgan fingerprint density at radius 3 is 2.76 bits per heavy atom. The predicted octanol–water partition coefficient (Wildman–Crippen LogP) is 1.29. The lowest BCUT2D eigenvalue weighted by Gasteiger charge is -2.38. The summed E-state index contributed by atoms with van der Waals surface area (Å²) in [6.07, 6.45) is 0. The minimum atomic E-state index is -0.938. The van der Waals surface area contributed by atoms with Gasteiger partial charge in [-0.3, -0.25) is 0 Å². The van der Waals surface area contributed by atoms with Crippen LogP contribution in [0, 0.1) is 6.92 Å². The molecular formula is C11H17N3O2S. The van der Waals surface area contributed by atoms with Crippen molar-refractivity contribution in [1.82, 2.24) is 9.88 Å². The fourth-order valence-electron chi connectivity index (χ4n) is 2.13. The number of thiazole rings is 1. The van der Waals surface area contributed by atoms with Crippen molar-refractivity contribution in [3.05, 3.63) is 10.6 Å². The van der Waals surface area contributed by atoms with E-state index in [1.165, 1.54) is 11.3 Å². The number of likely N-dealkylation sites (N-methyl/N-ethyl adjacent to an activating group) is 1. The molecule has 1 aromatic heterocycles. The van der Waals surface area contributed by atoms with E-state index in [0.717, 1.165) is 29.6 Å². The number of carbonyl (C=O) groups is 1. The van der Waals surface area contributed by atoms with Crippen molar-refractivity contribution in [3.8, 4) is 0 Å². The number of carboxylic acid groups (broad SMARTS) is 1. The molecular weight excluding hydrogens is 238 g/mol. The highest BCUT2D eigenvalue weighted by Gasteiger charge is 2.25. The number of piperazine rings is 1. The van der Waals surface area contributed by atoms with Crippen molar-refractivity contribution < 1.29 is 9.90 Å². The molecule has 1 fully saturated rings. The normalized spacial score (nSPS) is 21.8. The smallest absolute Gasteiger partial charge is 0.355 e. The number of anilines is 1. The maximum atomic E-state index is 11.0. The first-order valence-corrected chi connectivity index (χ1v) is 6.46. The number of aryl methyl sites for hydroxylation is 1. The summed E-state index contributed by atoms with van der Waals surface area (Å²) >= 11 is 1.47. The summed E-state index contributed by atoms with van der Waals surface area (Å²) in [6.45, 7) is 6.84. The summed E-state index contributed by atoms with van der Waals surface area (Å²) in [5.74, 6) is -0.938. The van der Waals surface area contributed by atoms with Crippen LogP contribution in [0.3, 0.4) is 0 Å². The highest BCUT2D eigenvalue weighted by atomic mass is 32.1. The van der Waals surface area contributed by atoms with E-state index < -0.39 is 5.97 Å². The first kappa shape index (κ1) is 12.3. The summed E-state index contributed by atoms with van der Waals surface area (Å²) in [4.78, 5) is 20.5. The topological polar surface area (TPSA) is 56.7 Å². The van der Waals surface area contributed by atoms with Gasteiger partial charge < -0.3 is 14.9 Å². The van der Waals surface area contributed by atoms with E-state index in [0.29, 0.717) is 6.04 Å². The highest BCUT2D eigenvalue weighted by molar-refractivity contribution is 7.15. The van der Waals surface area contributed by atoms with Gasteiger partial charge >= 0.3 is 5.97 Å². The predicted molar refractivity (Wildman–Crippen MR) is 68.1 cm³/mol. The molecule has 1 unspecified atom stereocenters. The van der Waals surface area contributed by atoms with Gasteiger partial charge in [0.2, 0.25) is 0 Å². The molecule has 1 aromatic rings. The van der Waals surface area contributed by atoms with Crippen LogP contribution in [0.25, 0.3) is 0 Å². The molecule has 1 atom stereocenters. The monoisotopic (exact) mass is 255 g/mol. The van der Waals surface area contributed by atoms with Crippen LogP contribution in [0.4, 0.5) is 5.13 Å². The Bertz CT molecular complexity index is 432. The third kappa shape index (κ3) is 2.42. The molecule has 0 saturated carbocycles. The highest BCUT2D eigenvalue weighted by Crippen LogP contribution is 2.28. The lowest BCUT2D eigenvalue weighted by Crippen LogP contribution is -2.50. The third-order valence-electron chi connectivity index (χ3n) is 3.06. The molecule has 2 heterocycles. The second-order valence-electron chi connectivity index (χ2n) is 4.51. The van der Waals surface area contributed by atoms with Crippen molar-refractivity contribution >= 4 is 22.4 Å². The van der Waals surface area contributed by atoms with Crippen molar-refractivity contribution in [2.75, 3.05) is 31.6 Å². The Hall–Kier alpha value is -1.14. The van der Waals surface area contributed by atoms with E-state index in [1.807, 2.05) is 6.92 Å². The van der Waals surface area contributed by atoms with Crippen LogP contribution >= 0.6 is 11.3 Å². The van der Waals surface area contributed by atoms with E-state index in [4.69, 9.17) is 5.11 Å². The number of carboxylic acids is 1. The number of hydrogen-bond acceptors (Lipinski definition) is 5. The van der Waals surface area contributed by atoms with Gasteiger partial charge in [0.15, 0.2) is 10.8 Å². The quantitative estimate of drug-likeness (QED) is 0.863. The van der Waals surface area contributed by atoms with Crippen molar-refractivity contribution in [1.29, 1.82) is 0 Å². The molecule has 1 saturated heterocycles. The summed E-state index contributed by atoms with van der Waals surface area (Å²) in [5, 5.41) is 9.84. The lowest BCUT2D eigenvalue weighted by atomic mass is 10.2. The Morgan fingerprint density at radius 1 is 1.53 bits per heavy atom. The molecule has 1 aliphatic rings. The van der Waals surface area contributed by atoms with Crippen molar-refractivity contribution in [2.45, 2.75) is 19.9 Å². The standard InChI is InChI=1S/C11H17N3O2S/c1-7-6-13(3)4-5-14(7)11-12-9(10(15)16)8(2)17-11/h7H,4-6H2,1-3H3,(H,15,16). The van der Waals surface area contributed by atoms with Crippen LogP contribution in [0.1, 0.15) is 22.3 Å². The minimum absolute atomic E-state index is 0.191. The van der Waals surface area contributed by atoms with Gasteiger partial charge in [0.25, 0.3) is 0 Å². The molecule has 94 valence electrons. The van der Waals surface area contributed by atoms with Crippen LogP contribution in [0.2, 0.25) is 0 Å². The van der Waals surface area contributed by atoms with Crippen LogP contribution in [-0.4, -0.2) is 53.7 Å². The van der Waals surface area contributed by atoms with Crippen LogP contribution in [-0.2, 0) is 0 Å². The zero-order valence-electron chi connectivity index (χ0n) is 10.3. The van der Waals surface area contributed by atoms with Gasteiger partial charge in [-0.2, -0.15) is 0 Å². The molecule has 1 N–H and O–H groups in total. The van der Waals surface area contributed by atoms with Gasteiger partial charge in [0, 0.05) is 30.6 Å². The van der Waals surface area contributed by atoms with E-state index in [9.17, 15) is 4.79 Å². The molecule has 0 amide bonds. The maximum Gasteiger partial charge on any atom is 0.355 e. The molecule has 0 aliphatic carbocycles. The molecule has 0 radical (unpaired) electrons. The van der Waals surface area contributed by atoms with Crippen molar-refractivity contribution in [3.63, 3.8) is 0 Å². The first-order chi connectivity index (χ1) is 7.99. The zero-order chi connectivity index (χ0) is 12.6. The van der Waals surface area contributed by atoms with Gasteiger partial charge in [-0.05, 0) is 20.9 Å². The zero-order valence-corrected chi connectivity index (χ0v) is 11.1. The van der Waals surface area contributed by atoms with E-state index >= 15 is 0 Å². The largest absolute Gasteiger partial charge is 0.476 e. The Labute approximate surface area is 105 Å². The second kappa shape index (κ2) is 4.62. The van der Waals surface area contributed by atoms with Crippen molar-refractivity contribution in [2.24, 2.45) is 0 Å². The first-order valence-electron chi connectivity index (χ1n) is 5.65. The average Bonchev–Trinajstić information content (AvgIpc) is 2.60. The number of hydrogen-bond donors (Lipinski definition) is 1. The fraction of sp³-hybridized carbons (Fsp3) is 0.636. The summed E-state index contributed by atoms with van der Waals surface area (Å²) in [6, 6.07) is 0.376. The second-order valence-corrected chi connectivity index (χ2v) is 5.69. The summed E-state index contributed by atoms with van der Waals surface area (Å²) in [5.41, 5.74) is 0.191. The van der Waals surface area contributed by atoms with Crippen LogP contribution in [0.15, 0.2) is 0 Å². The average molecular weight is 255 g/mol. The van der Waals surface area contributed by atoms with E-state index in [-0.39, 0.29) is 5.69 Å². The fourth-order valence-corrected chi connectivity index (χ4v) is 3.16. The molecule has 17 heavy (non-hydrogen) atoms. The SMILES string of the molecule is Cc1sc(N2CCN(C)CC2C)nc1C(=O)O. The number of aromatic nitrogens is 1. The Kier molecular flexibility index (Phi) is 3.35. The summed E-state index contributed by atoms with van der Waals surface area (Å²) < 4.78 is 0. The molecule has 0 bridgehead atoms.